The van der Waals surface area contributed by atoms with E-state index >= 15 is 0 Å². The largest absolute Gasteiger partial charge is 0.384 e. The predicted octanol–water partition coefficient (Wildman–Crippen LogP) is 1.32. The molecule has 2 N–H and O–H groups in total. The first kappa shape index (κ1) is 11.2. The van der Waals surface area contributed by atoms with Gasteiger partial charge in [-0.05, 0) is 17.3 Å². The molecule has 3 rings (SSSR count). The van der Waals surface area contributed by atoms with E-state index in [0.29, 0.717) is 5.82 Å². The maximum absolute atomic E-state index is 5.24. The molecule has 94 valence electrons. The van der Waals surface area contributed by atoms with Crippen LogP contribution in [0.25, 0.3) is 11.4 Å². The molecule has 0 amide bonds. The van der Waals surface area contributed by atoms with E-state index in [2.05, 4.69) is 32.9 Å². The summed E-state index contributed by atoms with van der Waals surface area (Å²) in [6.07, 6.45) is 0. The molecular formula is C12H15N5O. The molecule has 1 aliphatic rings. The van der Waals surface area contributed by atoms with Gasteiger partial charge in [-0.3, -0.25) is 0 Å². The Morgan fingerprint density at radius 3 is 3.00 bits per heavy atom. The normalized spacial score (nSPS) is 17.2. The number of anilines is 1. The van der Waals surface area contributed by atoms with Gasteiger partial charge in [0.15, 0.2) is 0 Å². The van der Waals surface area contributed by atoms with E-state index in [1.165, 1.54) is 0 Å². The minimum Gasteiger partial charge on any atom is -0.384 e. The Kier molecular flexibility index (Phi) is 2.71. The lowest BCUT2D eigenvalue weighted by Crippen LogP contribution is -2.45. The standard InChI is InChI=1S/C12H15N5O/c1-12(7-18-8-12)6-13-10-4-2-3-9(5-10)11-14-16-17-15-11/h2-5,13H,6-8H2,1H3,(H,14,15,16,17). The van der Waals surface area contributed by atoms with Crippen LogP contribution in [0.5, 0.6) is 0 Å². The highest BCUT2D eigenvalue weighted by Crippen LogP contribution is 2.27. The Balaban J connectivity index is 1.71. The number of H-pyrrole nitrogens is 1. The molecule has 6 heteroatoms. The van der Waals surface area contributed by atoms with Crippen molar-refractivity contribution in [3.63, 3.8) is 0 Å². The van der Waals surface area contributed by atoms with Gasteiger partial charge >= 0.3 is 0 Å². The Bertz CT molecular complexity index is 521. The van der Waals surface area contributed by atoms with Crippen LogP contribution >= 0.6 is 0 Å². The van der Waals surface area contributed by atoms with Gasteiger partial charge in [-0.2, -0.15) is 5.21 Å². The zero-order chi connectivity index (χ0) is 12.4. The molecule has 18 heavy (non-hydrogen) atoms. The maximum Gasteiger partial charge on any atom is 0.204 e. The minimum absolute atomic E-state index is 0.252. The van der Waals surface area contributed by atoms with Crippen LogP contribution in [-0.4, -0.2) is 40.4 Å². The molecule has 0 saturated carbocycles. The van der Waals surface area contributed by atoms with E-state index in [1.54, 1.807) is 0 Å². The number of rotatable bonds is 4. The van der Waals surface area contributed by atoms with Crippen molar-refractivity contribution < 1.29 is 4.74 Å². The van der Waals surface area contributed by atoms with Gasteiger partial charge in [-0.15, -0.1) is 10.2 Å². The number of aromatic nitrogens is 4. The number of tetrazole rings is 1. The van der Waals surface area contributed by atoms with Crippen LogP contribution in [0.2, 0.25) is 0 Å². The fraction of sp³-hybridized carbons (Fsp3) is 0.417. The second-order valence-corrected chi connectivity index (χ2v) is 4.97. The summed E-state index contributed by atoms with van der Waals surface area (Å²) in [6.45, 7) is 4.77. The topological polar surface area (TPSA) is 75.7 Å². The Morgan fingerprint density at radius 2 is 2.33 bits per heavy atom. The Hall–Kier alpha value is -1.95. The van der Waals surface area contributed by atoms with Crippen molar-refractivity contribution >= 4 is 5.69 Å². The summed E-state index contributed by atoms with van der Waals surface area (Å²) in [4.78, 5) is 0. The third kappa shape index (κ3) is 2.19. The summed E-state index contributed by atoms with van der Waals surface area (Å²) >= 11 is 0. The number of nitrogens with zero attached hydrogens (tertiary/aromatic N) is 3. The van der Waals surface area contributed by atoms with Crippen LogP contribution < -0.4 is 5.32 Å². The molecule has 2 heterocycles. The van der Waals surface area contributed by atoms with Crippen LogP contribution in [-0.2, 0) is 4.74 Å². The lowest BCUT2D eigenvalue weighted by Gasteiger charge is -2.38. The predicted molar refractivity (Wildman–Crippen MR) is 67.0 cm³/mol. The van der Waals surface area contributed by atoms with Gasteiger partial charge in [0.1, 0.15) is 0 Å². The smallest absolute Gasteiger partial charge is 0.204 e. The fourth-order valence-electron chi connectivity index (χ4n) is 1.92. The zero-order valence-corrected chi connectivity index (χ0v) is 10.2. The van der Waals surface area contributed by atoms with Crippen molar-refractivity contribution in [2.24, 2.45) is 5.41 Å². The summed E-state index contributed by atoms with van der Waals surface area (Å²) in [5, 5.41) is 17.4. The second-order valence-electron chi connectivity index (χ2n) is 4.97. The zero-order valence-electron chi connectivity index (χ0n) is 10.2. The average Bonchev–Trinajstić information content (AvgIpc) is 2.88. The molecule has 0 spiro atoms. The van der Waals surface area contributed by atoms with E-state index in [-0.39, 0.29) is 5.41 Å². The molecule has 0 unspecified atom stereocenters. The van der Waals surface area contributed by atoms with Crippen LogP contribution in [0.3, 0.4) is 0 Å². The van der Waals surface area contributed by atoms with Crippen LogP contribution in [0.1, 0.15) is 6.92 Å². The van der Waals surface area contributed by atoms with Crippen molar-refractivity contribution in [2.45, 2.75) is 6.92 Å². The third-order valence-corrected chi connectivity index (χ3v) is 3.09. The first-order valence-corrected chi connectivity index (χ1v) is 5.91. The van der Waals surface area contributed by atoms with Crippen LogP contribution in [0, 0.1) is 5.41 Å². The highest BCUT2D eigenvalue weighted by Gasteiger charge is 2.32. The summed E-state index contributed by atoms with van der Waals surface area (Å²) in [7, 11) is 0. The lowest BCUT2D eigenvalue weighted by molar-refractivity contribution is -0.0924. The summed E-state index contributed by atoms with van der Waals surface area (Å²) in [5.41, 5.74) is 2.26. The van der Waals surface area contributed by atoms with Crippen LogP contribution in [0.4, 0.5) is 5.69 Å². The number of aromatic amines is 1. The molecule has 0 radical (unpaired) electrons. The first-order valence-electron chi connectivity index (χ1n) is 5.91. The van der Waals surface area contributed by atoms with E-state index in [0.717, 1.165) is 31.0 Å². The molecule has 1 aromatic carbocycles. The van der Waals surface area contributed by atoms with E-state index in [9.17, 15) is 0 Å². The lowest BCUT2D eigenvalue weighted by atomic mass is 9.88. The molecule has 1 fully saturated rings. The van der Waals surface area contributed by atoms with Crippen molar-refractivity contribution in [1.29, 1.82) is 0 Å². The number of nitrogens with one attached hydrogen (secondary N) is 2. The van der Waals surface area contributed by atoms with Gasteiger partial charge < -0.3 is 10.1 Å². The second kappa shape index (κ2) is 4.38. The number of hydrogen-bond acceptors (Lipinski definition) is 5. The quantitative estimate of drug-likeness (QED) is 0.849. The fourth-order valence-corrected chi connectivity index (χ4v) is 1.92. The molecule has 0 atom stereocenters. The Labute approximate surface area is 105 Å². The van der Waals surface area contributed by atoms with Gasteiger partial charge in [-0.1, -0.05) is 19.1 Å². The molecule has 0 bridgehead atoms. The van der Waals surface area contributed by atoms with E-state index in [1.807, 2.05) is 24.3 Å². The summed E-state index contributed by atoms with van der Waals surface area (Å²) in [6, 6.07) is 8.00. The number of hydrogen-bond donors (Lipinski definition) is 2. The highest BCUT2D eigenvalue weighted by atomic mass is 16.5. The summed E-state index contributed by atoms with van der Waals surface area (Å²) < 4.78 is 5.24. The monoisotopic (exact) mass is 245 g/mol. The van der Waals surface area contributed by atoms with E-state index < -0.39 is 0 Å². The molecule has 6 nitrogen and oxygen atoms in total. The van der Waals surface area contributed by atoms with Crippen molar-refractivity contribution in [3.8, 4) is 11.4 Å². The SMILES string of the molecule is CC1(CNc2cccc(-c3nn[nH]n3)c2)COC1. The molecule has 1 aromatic heterocycles. The number of ether oxygens (including phenoxy) is 1. The molecule has 0 aliphatic carbocycles. The molecule has 1 saturated heterocycles. The highest BCUT2D eigenvalue weighted by molar-refractivity contribution is 5.61. The summed E-state index contributed by atoms with van der Waals surface area (Å²) in [5.74, 6) is 0.608. The third-order valence-electron chi connectivity index (χ3n) is 3.09. The Morgan fingerprint density at radius 1 is 1.44 bits per heavy atom. The van der Waals surface area contributed by atoms with Gasteiger partial charge in [0.25, 0.3) is 0 Å². The van der Waals surface area contributed by atoms with Gasteiger partial charge in [-0.25, -0.2) is 0 Å². The van der Waals surface area contributed by atoms with Gasteiger partial charge in [0.05, 0.1) is 13.2 Å². The van der Waals surface area contributed by atoms with Crippen LogP contribution in [0.15, 0.2) is 24.3 Å². The molecular weight excluding hydrogens is 230 g/mol. The van der Waals surface area contributed by atoms with Crippen molar-refractivity contribution in [2.75, 3.05) is 25.1 Å². The number of benzene rings is 1. The van der Waals surface area contributed by atoms with Crippen molar-refractivity contribution in [1.82, 2.24) is 20.6 Å². The molecule has 1 aliphatic heterocycles. The van der Waals surface area contributed by atoms with Gasteiger partial charge in [0.2, 0.25) is 5.82 Å². The maximum atomic E-state index is 5.24. The van der Waals surface area contributed by atoms with E-state index in [4.69, 9.17) is 4.74 Å². The average molecular weight is 245 g/mol. The molecule has 2 aromatic rings. The van der Waals surface area contributed by atoms with Crippen molar-refractivity contribution in [3.05, 3.63) is 24.3 Å². The van der Waals surface area contributed by atoms with Gasteiger partial charge in [0, 0.05) is 23.2 Å². The minimum atomic E-state index is 0.252. The first-order chi connectivity index (χ1) is 8.75.